The predicted molar refractivity (Wildman–Crippen MR) is 235 cm³/mol. The number of alkyl halides is 26. The molecule has 0 bridgehead atoms. The Labute approximate surface area is 456 Å². The number of hydrogen-bond donors (Lipinski definition) is 2. The van der Waals surface area contributed by atoms with Crippen molar-refractivity contribution in [1.82, 2.24) is 20.6 Å². The molecule has 0 saturated heterocycles. The SMILES string of the molecule is C=CCOC(=O)c1csc([C@H](C)NC(=O)c2nc([C@@H](C)NC(=O)OCC3c4cc(CCC(F)(F)C(F)(F)C(F)(F)C(F)(F)C(F)(F)C(F)(F)F)ccc4-c4ccc(CCC(F)(F)C(F)(F)C(F)(F)C(F)(F)C(F)(F)C(F)(F)F)cc43)oc2C)n1. The third-order valence-electron chi connectivity index (χ3n) is 12.6. The summed E-state index contributed by atoms with van der Waals surface area (Å²) in [5, 5.41) is 6.27. The highest BCUT2D eigenvalue weighted by Gasteiger charge is 2.92. The van der Waals surface area contributed by atoms with Crippen LogP contribution in [0.3, 0.4) is 0 Å². The summed E-state index contributed by atoms with van der Waals surface area (Å²) >= 11 is 0.956. The average Bonchev–Trinajstić information content (AvgIpc) is 1.09. The number of halogens is 26. The Morgan fingerprint density at radius 2 is 1.04 bits per heavy atom. The average molecular weight is 1280 g/mol. The van der Waals surface area contributed by atoms with Gasteiger partial charge in [0.25, 0.3) is 5.91 Å². The summed E-state index contributed by atoms with van der Waals surface area (Å²) in [7, 11) is 0. The second kappa shape index (κ2) is 22.7. The normalized spacial score (nSPS) is 15.3. The molecule has 5 rings (SSSR count). The molecule has 468 valence electrons. The first kappa shape index (κ1) is 68.2. The second-order valence-electron chi connectivity index (χ2n) is 18.5. The van der Waals surface area contributed by atoms with Gasteiger partial charge < -0.3 is 24.5 Å². The van der Waals surface area contributed by atoms with E-state index in [1.807, 2.05) is 0 Å². The topological polar surface area (TPSA) is 133 Å². The van der Waals surface area contributed by atoms with E-state index in [0.717, 1.165) is 23.5 Å². The lowest BCUT2D eigenvalue weighted by Gasteiger charge is -2.39. The van der Waals surface area contributed by atoms with Crippen LogP contribution >= 0.6 is 11.3 Å². The molecule has 0 saturated carbocycles. The van der Waals surface area contributed by atoms with Gasteiger partial charge in [-0.2, -0.15) is 114 Å². The molecule has 0 aliphatic heterocycles. The molecule has 2 aromatic heterocycles. The van der Waals surface area contributed by atoms with Gasteiger partial charge in [-0.25, -0.2) is 19.6 Å². The van der Waals surface area contributed by atoms with E-state index in [2.05, 4.69) is 27.2 Å². The molecule has 2 aromatic carbocycles. The van der Waals surface area contributed by atoms with Gasteiger partial charge in [0.05, 0.1) is 6.04 Å². The Balaban J connectivity index is 1.42. The number of oxazole rings is 1. The lowest BCUT2D eigenvalue weighted by atomic mass is 9.90. The van der Waals surface area contributed by atoms with Crippen LogP contribution in [-0.2, 0) is 22.3 Å². The van der Waals surface area contributed by atoms with Gasteiger partial charge in [0, 0.05) is 24.1 Å². The largest absolute Gasteiger partial charge is 0.460 e. The van der Waals surface area contributed by atoms with Crippen LogP contribution in [0.5, 0.6) is 0 Å². The number of esters is 1. The minimum absolute atomic E-state index is 0.103. The molecule has 2 atom stereocenters. The van der Waals surface area contributed by atoms with E-state index in [1.54, 1.807) is 0 Å². The number of benzene rings is 2. The fraction of sp³-hybridized carbons (Fsp3) is 0.511. The van der Waals surface area contributed by atoms with Gasteiger partial charge in [0.1, 0.15) is 30.0 Å². The van der Waals surface area contributed by atoms with Crippen LogP contribution in [0.15, 0.2) is 58.9 Å². The molecule has 2 N–H and O–H groups in total. The number of nitrogens with zero attached hydrogens (tertiary/aromatic N) is 2. The number of thiazole rings is 1. The summed E-state index contributed by atoms with van der Waals surface area (Å²) in [6.07, 6.45) is -24.5. The number of aryl methyl sites for hydroxylation is 3. The van der Waals surface area contributed by atoms with E-state index in [1.165, 1.54) is 32.2 Å². The third-order valence-corrected chi connectivity index (χ3v) is 13.6. The standard InChI is InChI=1S/C47H36F26N4O6S/c1-5-14-81-34(79)29-18-84-33(76-29)20(3)74-31(78)30-21(4)83-32(77-30)19(2)75-35(80)82-17-28-26-15-22(10-12-36(48,49)38(52,53)40(56,57)42(60,61)44(64,65)46(68,69)70)6-8-24(26)25-9-7-23(16-27(25)28)11-13-37(50,51)39(54,55)41(58,59)43(62,63)45(66,67)47(71,72)73/h5-9,15-16,18-20,28H,1,10-14,17H2,2-4H3,(H,74,78)(H,75,80)/t19-,20+/m1/s1. The van der Waals surface area contributed by atoms with Gasteiger partial charge in [-0.15, -0.1) is 11.3 Å². The maximum absolute atomic E-state index is 14.9. The zero-order valence-corrected chi connectivity index (χ0v) is 42.7. The van der Waals surface area contributed by atoms with Crippen LogP contribution in [0.1, 0.15) is 105 Å². The Kier molecular flexibility index (Phi) is 18.4. The van der Waals surface area contributed by atoms with Crippen molar-refractivity contribution in [3.8, 4) is 11.1 Å². The molecule has 2 heterocycles. The molecular weight excluding hydrogens is 1240 g/mol. The number of rotatable bonds is 24. The smallest absolute Gasteiger partial charge is 0.457 e. The zero-order valence-electron chi connectivity index (χ0n) is 41.9. The third kappa shape index (κ3) is 11.9. The van der Waals surface area contributed by atoms with Gasteiger partial charge in [-0.05, 0) is 67.0 Å². The Bertz CT molecular complexity index is 2970. The molecule has 4 aromatic rings. The lowest BCUT2D eigenvalue weighted by Crippen LogP contribution is -2.70. The van der Waals surface area contributed by atoms with E-state index >= 15 is 0 Å². The fourth-order valence-corrected chi connectivity index (χ4v) is 8.63. The van der Waals surface area contributed by atoms with Crippen molar-refractivity contribution in [2.75, 3.05) is 13.2 Å². The highest BCUT2D eigenvalue weighted by molar-refractivity contribution is 7.09. The molecule has 2 amide bonds. The van der Waals surface area contributed by atoms with E-state index in [0.29, 0.717) is 24.3 Å². The van der Waals surface area contributed by atoms with Gasteiger partial charge >= 0.3 is 83.6 Å². The molecular formula is C47H36F26N4O6S. The van der Waals surface area contributed by atoms with Crippen LogP contribution in [0.2, 0.25) is 0 Å². The van der Waals surface area contributed by atoms with Crippen LogP contribution in [-0.4, -0.2) is 113 Å². The van der Waals surface area contributed by atoms with Crippen molar-refractivity contribution in [1.29, 1.82) is 0 Å². The number of nitrogens with one attached hydrogen (secondary N) is 2. The summed E-state index contributed by atoms with van der Waals surface area (Å²) in [6.45, 7) is 6.05. The van der Waals surface area contributed by atoms with Crippen molar-refractivity contribution in [2.45, 2.75) is 136 Å². The van der Waals surface area contributed by atoms with Crippen molar-refractivity contribution >= 4 is 29.3 Å². The number of alkyl carbamates (subject to hydrolysis) is 1. The summed E-state index contributed by atoms with van der Waals surface area (Å²) in [5.41, 5.74) is -3.04. The van der Waals surface area contributed by atoms with Gasteiger partial charge in [0.15, 0.2) is 11.4 Å². The summed E-state index contributed by atoms with van der Waals surface area (Å²) in [5.74, 6) is -81.3. The Morgan fingerprint density at radius 1 is 0.607 bits per heavy atom. The van der Waals surface area contributed by atoms with Crippen LogP contribution in [0.4, 0.5) is 119 Å². The molecule has 0 fully saturated rings. The van der Waals surface area contributed by atoms with Crippen molar-refractivity contribution in [3.63, 3.8) is 0 Å². The number of fused-ring (bicyclic) bond motifs is 3. The maximum atomic E-state index is 14.9. The number of hydrogen-bond acceptors (Lipinski definition) is 9. The van der Waals surface area contributed by atoms with Gasteiger partial charge in [-0.1, -0.05) is 49.1 Å². The molecule has 1 aliphatic carbocycles. The number of ether oxygens (including phenoxy) is 2. The summed E-state index contributed by atoms with van der Waals surface area (Å²) in [4.78, 5) is 46.7. The number of carbonyl (C=O) groups excluding carboxylic acids is 3. The minimum Gasteiger partial charge on any atom is -0.457 e. The molecule has 37 heteroatoms. The maximum Gasteiger partial charge on any atom is 0.460 e. The molecule has 1 aliphatic rings. The molecule has 10 nitrogen and oxygen atoms in total. The van der Waals surface area contributed by atoms with Crippen molar-refractivity contribution in [3.05, 3.63) is 105 Å². The quantitative estimate of drug-likeness (QED) is 0.0403. The van der Waals surface area contributed by atoms with Gasteiger partial charge in [-0.3, -0.25) is 4.79 Å². The first-order valence-corrected chi connectivity index (χ1v) is 23.9. The first-order valence-electron chi connectivity index (χ1n) is 23.0. The number of carbonyl (C=O) groups is 3. The Morgan fingerprint density at radius 3 is 1.45 bits per heavy atom. The highest BCUT2D eigenvalue weighted by Crippen LogP contribution is 2.63. The fourth-order valence-electron chi connectivity index (χ4n) is 7.84. The van der Waals surface area contributed by atoms with Gasteiger partial charge in [0.2, 0.25) is 5.89 Å². The van der Waals surface area contributed by atoms with Crippen LogP contribution < -0.4 is 10.6 Å². The number of amides is 2. The molecule has 0 unspecified atom stereocenters. The highest BCUT2D eigenvalue weighted by atomic mass is 32.1. The van der Waals surface area contributed by atoms with E-state index in [-0.39, 0.29) is 51.0 Å². The predicted octanol–water partition coefficient (Wildman–Crippen LogP) is 15.2. The van der Waals surface area contributed by atoms with Crippen molar-refractivity contribution in [2.24, 2.45) is 0 Å². The summed E-state index contributed by atoms with van der Waals surface area (Å²) in [6, 6.07) is 2.23. The second-order valence-corrected chi connectivity index (χ2v) is 19.4. The molecule has 84 heavy (non-hydrogen) atoms. The molecule has 0 radical (unpaired) electrons. The summed E-state index contributed by atoms with van der Waals surface area (Å²) < 4.78 is 375. The minimum atomic E-state index is -8.22. The van der Waals surface area contributed by atoms with Crippen LogP contribution in [0.25, 0.3) is 11.1 Å². The zero-order chi connectivity index (χ0) is 64.4. The van der Waals surface area contributed by atoms with E-state index < -0.39 is 157 Å². The number of aromatic nitrogens is 2. The van der Waals surface area contributed by atoms with Crippen molar-refractivity contribution < 1.29 is 142 Å². The first-order chi connectivity index (χ1) is 37.9. The Hall–Kier alpha value is -6.59. The van der Waals surface area contributed by atoms with E-state index in [4.69, 9.17) is 13.9 Å². The van der Waals surface area contributed by atoms with E-state index in [9.17, 15) is 129 Å². The lowest BCUT2D eigenvalue weighted by molar-refractivity contribution is -0.440. The van der Waals surface area contributed by atoms with Crippen LogP contribution in [0, 0.1) is 6.92 Å². The molecule has 0 spiro atoms. The monoisotopic (exact) mass is 1280 g/mol.